The standard InChI is InChI=1S/C17H18N4S/c1-3-21-16(14-8-6-7-13(2)11-14)19-20-17(21)22-12-15-9-4-5-10-18-15/h4-11H,3,12H2,1-2H3. The van der Waals surface area contributed by atoms with Gasteiger partial charge in [0.1, 0.15) is 0 Å². The summed E-state index contributed by atoms with van der Waals surface area (Å²) in [5, 5.41) is 9.67. The first-order chi connectivity index (χ1) is 10.8. The van der Waals surface area contributed by atoms with Gasteiger partial charge in [0.2, 0.25) is 0 Å². The van der Waals surface area contributed by atoms with E-state index in [1.165, 1.54) is 5.56 Å². The highest BCUT2D eigenvalue weighted by atomic mass is 32.2. The van der Waals surface area contributed by atoms with Crippen LogP contribution in [0, 0.1) is 6.92 Å². The molecule has 4 nitrogen and oxygen atoms in total. The third kappa shape index (κ3) is 3.20. The first kappa shape index (κ1) is 14.8. The Balaban J connectivity index is 1.84. The summed E-state index contributed by atoms with van der Waals surface area (Å²) in [6, 6.07) is 14.3. The first-order valence-corrected chi connectivity index (χ1v) is 8.29. The molecule has 3 aromatic rings. The van der Waals surface area contributed by atoms with Crippen molar-refractivity contribution in [1.29, 1.82) is 0 Å². The molecule has 0 radical (unpaired) electrons. The Labute approximate surface area is 134 Å². The normalized spacial score (nSPS) is 10.8. The molecular weight excluding hydrogens is 292 g/mol. The molecule has 0 aliphatic carbocycles. The van der Waals surface area contributed by atoms with Crippen LogP contribution in [0.4, 0.5) is 0 Å². The van der Waals surface area contributed by atoms with E-state index < -0.39 is 0 Å². The predicted molar refractivity (Wildman–Crippen MR) is 89.7 cm³/mol. The van der Waals surface area contributed by atoms with Gasteiger partial charge in [-0.2, -0.15) is 0 Å². The van der Waals surface area contributed by atoms with Gasteiger partial charge in [-0.15, -0.1) is 10.2 Å². The summed E-state index contributed by atoms with van der Waals surface area (Å²) in [6.45, 7) is 5.06. The van der Waals surface area contributed by atoms with Crippen molar-refractivity contribution < 1.29 is 0 Å². The van der Waals surface area contributed by atoms with Crippen molar-refractivity contribution in [3.05, 3.63) is 59.9 Å². The zero-order chi connectivity index (χ0) is 15.4. The monoisotopic (exact) mass is 310 g/mol. The number of thioether (sulfide) groups is 1. The Morgan fingerprint density at radius 3 is 2.73 bits per heavy atom. The highest BCUT2D eigenvalue weighted by Crippen LogP contribution is 2.26. The SMILES string of the molecule is CCn1c(SCc2ccccn2)nnc1-c1cccc(C)c1. The molecule has 2 heterocycles. The summed E-state index contributed by atoms with van der Waals surface area (Å²) in [6.07, 6.45) is 1.82. The molecule has 0 saturated heterocycles. The van der Waals surface area contributed by atoms with Gasteiger partial charge in [0.25, 0.3) is 0 Å². The van der Waals surface area contributed by atoms with Crippen LogP contribution >= 0.6 is 11.8 Å². The Morgan fingerprint density at radius 1 is 1.09 bits per heavy atom. The molecule has 0 spiro atoms. The summed E-state index contributed by atoms with van der Waals surface area (Å²) in [5.41, 5.74) is 3.39. The van der Waals surface area contributed by atoms with E-state index in [0.717, 1.165) is 34.5 Å². The number of aromatic nitrogens is 4. The number of hydrogen-bond donors (Lipinski definition) is 0. The molecule has 0 aliphatic heterocycles. The van der Waals surface area contributed by atoms with Crippen molar-refractivity contribution in [3.8, 4) is 11.4 Å². The fraction of sp³-hybridized carbons (Fsp3) is 0.235. The number of benzene rings is 1. The van der Waals surface area contributed by atoms with Crippen molar-refractivity contribution in [2.24, 2.45) is 0 Å². The second kappa shape index (κ2) is 6.75. The van der Waals surface area contributed by atoms with Gasteiger partial charge >= 0.3 is 0 Å². The highest BCUT2D eigenvalue weighted by Gasteiger charge is 2.13. The summed E-state index contributed by atoms with van der Waals surface area (Å²) in [4.78, 5) is 4.35. The smallest absolute Gasteiger partial charge is 0.191 e. The average Bonchev–Trinajstić information content (AvgIpc) is 2.97. The number of aryl methyl sites for hydroxylation is 1. The number of nitrogens with zero attached hydrogens (tertiary/aromatic N) is 4. The molecule has 5 heteroatoms. The molecule has 22 heavy (non-hydrogen) atoms. The van der Waals surface area contributed by atoms with Gasteiger partial charge in [0.15, 0.2) is 11.0 Å². The maximum atomic E-state index is 4.38. The van der Waals surface area contributed by atoms with E-state index in [4.69, 9.17) is 0 Å². The van der Waals surface area contributed by atoms with Crippen LogP contribution in [0.5, 0.6) is 0 Å². The van der Waals surface area contributed by atoms with Crippen LogP contribution in [0.1, 0.15) is 18.2 Å². The molecule has 0 amide bonds. The quantitative estimate of drug-likeness (QED) is 0.669. The molecule has 0 bridgehead atoms. The van der Waals surface area contributed by atoms with Gasteiger partial charge < -0.3 is 4.57 Å². The van der Waals surface area contributed by atoms with E-state index >= 15 is 0 Å². The molecule has 0 fully saturated rings. The topological polar surface area (TPSA) is 43.6 Å². The lowest BCUT2D eigenvalue weighted by Crippen LogP contribution is -2.00. The van der Waals surface area contributed by atoms with E-state index in [2.05, 4.69) is 57.9 Å². The zero-order valence-electron chi connectivity index (χ0n) is 12.7. The first-order valence-electron chi connectivity index (χ1n) is 7.31. The Morgan fingerprint density at radius 2 is 2.00 bits per heavy atom. The third-order valence-corrected chi connectivity index (χ3v) is 4.38. The van der Waals surface area contributed by atoms with E-state index in [-0.39, 0.29) is 0 Å². The number of rotatable bonds is 5. The van der Waals surface area contributed by atoms with Crippen LogP contribution in [0.25, 0.3) is 11.4 Å². The molecule has 0 N–H and O–H groups in total. The van der Waals surface area contributed by atoms with Crippen LogP contribution in [-0.2, 0) is 12.3 Å². The van der Waals surface area contributed by atoms with Gasteiger partial charge in [-0.1, -0.05) is 41.6 Å². The summed E-state index contributed by atoms with van der Waals surface area (Å²) < 4.78 is 2.16. The fourth-order valence-corrected chi connectivity index (χ4v) is 3.22. The molecule has 0 saturated carbocycles. The van der Waals surface area contributed by atoms with E-state index in [9.17, 15) is 0 Å². The average molecular weight is 310 g/mol. The maximum absolute atomic E-state index is 4.38. The second-order valence-electron chi connectivity index (χ2n) is 5.03. The molecule has 3 rings (SSSR count). The molecule has 0 atom stereocenters. The van der Waals surface area contributed by atoms with E-state index in [0.29, 0.717) is 0 Å². The van der Waals surface area contributed by atoms with Crippen LogP contribution in [-0.4, -0.2) is 19.7 Å². The summed E-state index contributed by atoms with van der Waals surface area (Å²) >= 11 is 1.67. The lowest BCUT2D eigenvalue weighted by molar-refractivity contribution is 0.687. The van der Waals surface area contributed by atoms with Gasteiger partial charge in [-0.3, -0.25) is 4.98 Å². The van der Waals surface area contributed by atoms with Crippen LogP contribution in [0.2, 0.25) is 0 Å². The van der Waals surface area contributed by atoms with Crippen molar-refractivity contribution >= 4 is 11.8 Å². The Bertz CT molecular complexity index is 752. The van der Waals surface area contributed by atoms with Gasteiger partial charge in [0, 0.05) is 24.1 Å². The minimum absolute atomic E-state index is 0.798. The number of hydrogen-bond acceptors (Lipinski definition) is 4. The maximum Gasteiger partial charge on any atom is 0.191 e. The predicted octanol–water partition coefficient (Wildman–Crippen LogP) is 3.96. The molecule has 2 aromatic heterocycles. The zero-order valence-corrected chi connectivity index (χ0v) is 13.5. The lowest BCUT2D eigenvalue weighted by atomic mass is 10.1. The van der Waals surface area contributed by atoms with Crippen LogP contribution in [0.15, 0.2) is 53.8 Å². The van der Waals surface area contributed by atoms with Crippen LogP contribution in [0.3, 0.4) is 0 Å². The summed E-state index contributed by atoms with van der Waals surface area (Å²) in [7, 11) is 0. The van der Waals surface area contributed by atoms with Gasteiger partial charge in [0.05, 0.1) is 5.69 Å². The minimum atomic E-state index is 0.798. The van der Waals surface area contributed by atoms with Gasteiger partial charge in [-0.25, -0.2) is 0 Å². The van der Waals surface area contributed by atoms with Gasteiger partial charge in [-0.05, 0) is 32.0 Å². The van der Waals surface area contributed by atoms with Crippen molar-refractivity contribution in [2.75, 3.05) is 0 Å². The van der Waals surface area contributed by atoms with Crippen molar-refractivity contribution in [3.63, 3.8) is 0 Å². The van der Waals surface area contributed by atoms with E-state index in [1.807, 2.05) is 24.4 Å². The Hall–Kier alpha value is -2.14. The highest BCUT2D eigenvalue weighted by molar-refractivity contribution is 7.98. The molecule has 0 unspecified atom stereocenters. The Kier molecular flexibility index (Phi) is 4.53. The lowest BCUT2D eigenvalue weighted by Gasteiger charge is -2.07. The summed E-state index contributed by atoms with van der Waals surface area (Å²) in [5.74, 6) is 1.72. The molecular formula is C17H18N4S. The third-order valence-electron chi connectivity index (χ3n) is 3.38. The number of pyridine rings is 1. The molecule has 0 aliphatic rings. The van der Waals surface area contributed by atoms with Crippen molar-refractivity contribution in [2.45, 2.75) is 31.3 Å². The van der Waals surface area contributed by atoms with E-state index in [1.54, 1.807) is 11.8 Å². The largest absolute Gasteiger partial charge is 0.302 e. The second-order valence-corrected chi connectivity index (χ2v) is 5.97. The molecule has 1 aromatic carbocycles. The van der Waals surface area contributed by atoms with Crippen molar-refractivity contribution in [1.82, 2.24) is 19.7 Å². The minimum Gasteiger partial charge on any atom is -0.302 e. The molecule has 112 valence electrons. The van der Waals surface area contributed by atoms with Crippen LogP contribution < -0.4 is 0 Å². The fourth-order valence-electron chi connectivity index (χ4n) is 2.30.